The number of primary amides is 1. The molecule has 0 bridgehead atoms. The van der Waals surface area contributed by atoms with Crippen molar-refractivity contribution >= 4 is 29.2 Å². The van der Waals surface area contributed by atoms with Crippen molar-refractivity contribution in [1.82, 2.24) is 5.32 Å². The summed E-state index contributed by atoms with van der Waals surface area (Å²) < 4.78 is 11.5. The summed E-state index contributed by atoms with van der Waals surface area (Å²) in [4.78, 5) is 35.2. The molecule has 4 aromatic carbocycles. The van der Waals surface area contributed by atoms with Crippen molar-refractivity contribution in [1.29, 1.82) is 0 Å². The highest BCUT2D eigenvalue weighted by molar-refractivity contribution is 5.99. The molecular formula is C28H24N4O5. The molecule has 0 saturated heterocycles. The van der Waals surface area contributed by atoms with Crippen LogP contribution in [0.5, 0.6) is 23.0 Å². The molecule has 4 amide bonds. The van der Waals surface area contributed by atoms with E-state index in [-0.39, 0.29) is 5.91 Å². The first-order valence-corrected chi connectivity index (χ1v) is 11.3. The maximum absolute atomic E-state index is 12.4. The normalized spacial score (nSPS) is 10.2. The van der Waals surface area contributed by atoms with Gasteiger partial charge in [-0.3, -0.25) is 9.59 Å². The Morgan fingerprint density at radius 3 is 1.27 bits per heavy atom. The molecule has 0 aliphatic carbocycles. The number of hydrogen-bond acceptors (Lipinski definition) is 5. The first-order valence-electron chi connectivity index (χ1n) is 11.3. The highest BCUT2D eigenvalue weighted by Gasteiger charge is 2.07. The standard InChI is InChI=1S/C28H24N4O5/c1-30-27(34)19-4-12-23(13-5-19)37-25-16-8-21(9-17-25)32-28(35)31-20-6-14-24(15-7-20)36-22-10-2-18(3-11-22)26(29)33/h2-17H,1H3,(H2,29,33)(H,30,34)(H2,31,32,35). The smallest absolute Gasteiger partial charge is 0.323 e. The molecule has 9 heteroatoms. The van der Waals surface area contributed by atoms with Gasteiger partial charge in [0.2, 0.25) is 5.91 Å². The van der Waals surface area contributed by atoms with E-state index in [1.807, 2.05) is 0 Å². The molecule has 37 heavy (non-hydrogen) atoms. The highest BCUT2D eigenvalue weighted by atomic mass is 16.5. The Kier molecular flexibility index (Phi) is 7.65. The number of anilines is 2. The van der Waals surface area contributed by atoms with Crippen molar-refractivity contribution in [2.45, 2.75) is 0 Å². The second-order valence-electron chi connectivity index (χ2n) is 7.82. The molecule has 0 spiro atoms. The van der Waals surface area contributed by atoms with Gasteiger partial charge in [-0.05, 0) is 97.1 Å². The third kappa shape index (κ3) is 6.86. The number of amides is 4. The average molecular weight is 497 g/mol. The van der Waals surface area contributed by atoms with Crippen LogP contribution in [0.2, 0.25) is 0 Å². The van der Waals surface area contributed by atoms with Gasteiger partial charge >= 0.3 is 6.03 Å². The molecule has 4 aromatic rings. The van der Waals surface area contributed by atoms with Gasteiger partial charge in [0.25, 0.3) is 5.91 Å². The van der Waals surface area contributed by atoms with Crippen LogP contribution in [-0.4, -0.2) is 24.9 Å². The fourth-order valence-electron chi connectivity index (χ4n) is 3.28. The summed E-state index contributed by atoms with van der Waals surface area (Å²) >= 11 is 0. The molecule has 5 N–H and O–H groups in total. The van der Waals surface area contributed by atoms with E-state index in [9.17, 15) is 14.4 Å². The Morgan fingerprint density at radius 2 is 0.919 bits per heavy atom. The predicted molar refractivity (Wildman–Crippen MR) is 140 cm³/mol. The average Bonchev–Trinajstić information content (AvgIpc) is 2.91. The molecule has 0 aliphatic rings. The fraction of sp³-hybridized carbons (Fsp3) is 0.0357. The summed E-state index contributed by atoms with van der Waals surface area (Å²) in [6.45, 7) is 0. The fourth-order valence-corrected chi connectivity index (χ4v) is 3.28. The van der Waals surface area contributed by atoms with Crippen molar-refractivity contribution in [2.75, 3.05) is 17.7 Å². The Balaban J connectivity index is 1.27. The number of urea groups is 1. The molecule has 0 radical (unpaired) electrons. The van der Waals surface area contributed by atoms with Crippen LogP contribution in [0.25, 0.3) is 0 Å². The molecule has 0 aliphatic heterocycles. The van der Waals surface area contributed by atoms with Crippen LogP contribution < -0.4 is 31.2 Å². The van der Waals surface area contributed by atoms with Gasteiger partial charge in [0.15, 0.2) is 0 Å². The topological polar surface area (TPSA) is 132 Å². The molecule has 0 atom stereocenters. The Labute approximate surface area is 213 Å². The van der Waals surface area contributed by atoms with Crippen LogP contribution in [0.3, 0.4) is 0 Å². The lowest BCUT2D eigenvalue weighted by Crippen LogP contribution is -2.19. The van der Waals surface area contributed by atoms with Crippen molar-refractivity contribution < 1.29 is 23.9 Å². The minimum absolute atomic E-state index is 0.168. The summed E-state index contributed by atoms with van der Waals surface area (Å²) in [7, 11) is 1.57. The summed E-state index contributed by atoms with van der Waals surface area (Å²) in [6.07, 6.45) is 0. The zero-order valence-electron chi connectivity index (χ0n) is 19.9. The molecule has 0 unspecified atom stereocenters. The van der Waals surface area contributed by atoms with Gasteiger partial charge in [0.1, 0.15) is 23.0 Å². The SMILES string of the molecule is CNC(=O)c1ccc(Oc2ccc(NC(=O)Nc3ccc(Oc4ccc(C(N)=O)cc4)cc3)cc2)cc1. The van der Waals surface area contributed by atoms with Crippen LogP contribution in [0, 0.1) is 0 Å². The van der Waals surface area contributed by atoms with Gasteiger partial charge in [-0.2, -0.15) is 0 Å². The van der Waals surface area contributed by atoms with E-state index in [0.29, 0.717) is 45.5 Å². The number of carbonyl (C=O) groups excluding carboxylic acids is 3. The molecule has 0 aromatic heterocycles. The molecule has 186 valence electrons. The van der Waals surface area contributed by atoms with Gasteiger partial charge < -0.3 is 31.2 Å². The Bertz CT molecular complexity index is 1380. The third-order valence-electron chi connectivity index (χ3n) is 5.18. The second-order valence-corrected chi connectivity index (χ2v) is 7.82. The lowest BCUT2D eigenvalue weighted by atomic mass is 10.2. The van der Waals surface area contributed by atoms with Crippen LogP contribution >= 0.6 is 0 Å². The Morgan fingerprint density at radius 1 is 0.568 bits per heavy atom. The number of hydrogen-bond donors (Lipinski definition) is 4. The minimum atomic E-state index is -0.504. The largest absolute Gasteiger partial charge is 0.457 e. The predicted octanol–water partition coefficient (Wildman–Crippen LogP) is 5.37. The maximum atomic E-state index is 12.4. The zero-order chi connectivity index (χ0) is 26.2. The summed E-state index contributed by atoms with van der Waals surface area (Å²) in [5.74, 6) is 1.61. The van der Waals surface area contributed by atoms with Gasteiger partial charge in [0, 0.05) is 29.5 Å². The third-order valence-corrected chi connectivity index (χ3v) is 5.18. The van der Waals surface area contributed by atoms with Crippen molar-refractivity contribution in [3.8, 4) is 23.0 Å². The monoisotopic (exact) mass is 496 g/mol. The molecule has 9 nitrogen and oxygen atoms in total. The molecule has 0 saturated carbocycles. The number of carbonyl (C=O) groups is 3. The quantitative estimate of drug-likeness (QED) is 0.260. The zero-order valence-corrected chi connectivity index (χ0v) is 19.9. The van der Waals surface area contributed by atoms with E-state index in [1.165, 1.54) is 0 Å². The first-order chi connectivity index (χ1) is 17.9. The van der Waals surface area contributed by atoms with Gasteiger partial charge in [-0.25, -0.2) is 4.79 Å². The maximum Gasteiger partial charge on any atom is 0.323 e. The summed E-state index contributed by atoms with van der Waals surface area (Å²) in [5, 5.41) is 8.08. The lowest BCUT2D eigenvalue weighted by Gasteiger charge is -2.10. The van der Waals surface area contributed by atoms with Crippen molar-refractivity contribution in [3.63, 3.8) is 0 Å². The highest BCUT2D eigenvalue weighted by Crippen LogP contribution is 2.25. The summed E-state index contributed by atoms with van der Waals surface area (Å²) in [6, 6.07) is 26.6. The number of nitrogens with two attached hydrogens (primary N) is 1. The van der Waals surface area contributed by atoms with Crippen LogP contribution in [0.15, 0.2) is 97.1 Å². The molecule has 4 rings (SSSR count). The van der Waals surface area contributed by atoms with Crippen LogP contribution in [0.1, 0.15) is 20.7 Å². The van der Waals surface area contributed by atoms with Crippen LogP contribution in [-0.2, 0) is 0 Å². The van der Waals surface area contributed by atoms with Crippen molar-refractivity contribution in [2.24, 2.45) is 5.73 Å². The first kappa shape index (κ1) is 24.8. The Hall–Kier alpha value is -5.31. The van der Waals surface area contributed by atoms with E-state index in [2.05, 4.69) is 16.0 Å². The van der Waals surface area contributed by atoms with E-state index in [0.717, 1.165) is 0 Å². The van der Waals surface area contributed by atoms with Gasteiger partial charge in [-0.1, -0.05) is 0 Å². The number of benzene rings is 4. The lowest BCUT2D eigenvalue weighted by molar-refractivity contribution is 0.0961. The number of ether oxygens (including phenoxy) is 2. The molecule has 0 heterocycles. The van der Waals surface area contributed by atoms with Crippen molar-refractivity contribution in [3.05, 3.63) is 108 Å². The molecular weight excluding hydrogens is 472 g/mol. The van der Waals surface area contributed by atoms with Gasteiger partial charge in [-0.15, -0.1) is 0 Å². The number of nitrogens with one attached hydrogen (secondary N) is 3. The van der Waals surface area contributed by atoms with E-state index in [4.69, 9.17) is 15.2 Å². The van der Waals surface area contributed by atoms with Crippen LogP contribution in [0.4, 0.5) is 16.2 Å². The summed E-state index contributed by atoms with van der Waals surface area (Å²) in [5.41, 5.74) is 7.33. The minimum Gasteiger partial charge on any atom is -0.457 e. The van der Waals surface area contributed by atoms with E-state index >= 15 is 0 Å². The molecule has 0 fully saturated rings. The van der Waals surface area contributed by atoms with E-state index < -0.39 is 11.9 Å². The van der Waals surface area contributed by atoms with E-state index in [1.54, 1.807) is 104 Å². The van der Waals surface area contributed by atoms with Gasteiger partial charge in [0.05, 0.1) is 0 Å². The number of rotatable bonds is 8. The second kappa shape index (κ2) is 11.4.